The molecule has 0 saturated heterocycles. The number of hydrogen-bond acceptors (Lipinski definition) is 4. The number of nitrogens with zero attached hydrogens (tertiary/aromatic N) is 1. The van der Waals surface area contributed by atoms with Gasteiger partial charge in [0.2, 0.25) is 0 Å². The second-order valence-electron chi connectivity index (χ2n) is 2.63. The van der Waals surface area contributed by atoms with Gasteiger partial charge in [-0.25, -0.2) is 0 Å². The lowest BCUT2D eigenvalue weighted by molar-refractivity contribution is 0.396. The molecule has 0 aliphatic heterocycles. The monoisotopic (exact) mass is 187 g/mol. The van der Waals surface area contributed by atoms with E-state index in [-0.39, 0.29) is 0 Å². The van der Waals surface area contributed by atoms with Gasteiger partial charge in [-0.05, 0) is 0 Å². The third kappa shape index (κ3) is 1.53. The lowest BCUT2D eigenvalue weighted by Crippen LogP contribution is -2.08. The van der Waals surface area contributed by atoms with Gasteiger partial charge in [0.25, 0.3) is 0 Å². The van der Waals surface area contributed by atoms with E-state index < -0.39 is 0 Å². The van der Waals surface area contributed by atoms with Crippen LogP contribution in [0.3, 0.4) is 0 Å². The molecule has 0 amide bonds. The molecule has 1 rings (SSSR count). The minimum atomic E-state index is 0.553. The summed E-state index contributed by atoms with van der Waals surface area (Å²) in [4.78, 5) is 1.94. The van der Waals surface area contributed by atoms with Crippen molar-refractivity contribution in [3.8, 4) is 5.75 Å². The summed E-state index contributed by atoms with van der Waals surface area (Å²) in [7, 11) is 5.51. The molecule has 0 radical (unpaired) electrons. The smallest absolute Gasteiger partial charge is 0.184 e. The van der Waals surface area contributed by atoms with Gasteiger partial charge in [-0.1, -0.05) is 0 Å². The second-order valence-corrected chi connectivity index (χ2v) is 2.95. The van der Waals surface area contributed by atoms with Gasteiger partial charge in [0, 0.05) is 14.1 Å². The van der Waals surface area contributed by atoms with E-state index in [4.69, 9.17) is 9.15 Å². The Hall–Kier alpha value is -0.770. The molecular weight excluding hydrogens is 174 g/mol. The molecule has 68 valence electrons. The standard InChI is InChI=1S/C8H13NO2S/c1-9(2)6-4-11-7(5-12)8(6)10-3/h4,12H,5H2,1-3H3. The summed E-state index contributed by atoms with van der Waals surface area (Å²) in [6, 6.07) is 0. The van der Waals surface area contributed by atoms with E-state index >= 15 is 0 Å². The molecule has 12 heavy (non-hydrogen) atoms. The molecule has 0 bridgehead atoms. The lowest BCUT2D eigenvalue weighted by atomic mass is 10.4. The van der Waals surface area contributed by atoms with Gasteiger partial charge in [-0.2, -0.15) is 12.6 Å². The Balaban J connectivity index is 3.05. The molecule has 1 aromatic heterocycles. The van der Waals surface area contributed by atoms with E-state index in [1.165, 1.54) is 0 Å². The molecule has 0 N–H and O–H groups in total. The predicted molar refractivity (Wildman–Crippen MR) is 52.3 cm³/mol. The first kappa shape index (κ1) is 9.32. The van der Waals surface area contributed by atoms with Crippen LogP contribution in [-0.2, 0) is 5.75 Å². The normalized spacial score (nSPS) is 10.0. The Morgan fingerprint density at radius 1 is 1.58 bits per heavy atom. The maximum Gasteiger partial charge on any atom is 0.184 e. The van der Waals surface area contributed by atoms with Crippen LogP contribution in [0.2, 0.25) is 0 Å². The molecule has 0 spiro atoms. The van der Waals surface area contributed by atoms with Crippen molar-refractivity contribution in [3.05, 3.63) is 12.0 Å². The molecule has 0 unspecified atom stereocenters. The Morgan fingerprint density at radius 3 is 2.67 bits per heavy atom. The quantitative estimate of drug-likeness (QED) is 0.730. The first-order valence-corrected chi connectivity index (χ1v) is 4.26. The molecule has 3 nitrogen and oxygen atoms in total. The predicted octanol–water partition coefficient (Wildman–Crippen LogP) is 1.78. The average Bonchev–Trinajstić information content (AvgIpc) is 2.46. The summed E-state index contributed by atoms with van der Waals surface area (Å²) in [6.07, 6.45) is 1.67. The van der Waals surface area contributed by atoms with E-state index in [0.717, 1.165) is 17.2 Å². The van der Waals surface area contributed by atoms with Crippen molar-refractivity contribution >= 4 is 18.3 Å². The van der Waals surface area contributed by atoms with Gasteiger partial charge in [0.1, 0.15) is 12.0 Å². The van der Waals surface area contributed by atoms with Crippen molar-refractivity contribution in [1.29, 1.82) is 0 Å². The van der Waals surface area contributed by atoms with E-state index in [9.17, 15) is 0 Å². The first-order valence-electron chi connectivity index (χ1n) is 3.63. The maximum absolute atomic E-state index is 5.25. The highest BCUT2D eigenvalue weighted by molar-refractivity contribution is 7.79. The minimum Gasteiger partial charge on any atom is -0.491 e. The lowest BCUT2D eigenvalue weighted by Gasteiger charge is -2.10. The SMILES string of the molecule is COc1c(N(C)C)coc1CS. The van der Waals surface area contributed by atoms with Crippen LogP contribution in [0.1, 0.15) is 5.76 Å². The van der Waals surface area contributed by atoms with Gasteiger partial charge >= 0.3 is 0 Å². The number of ether oxygens (including phenoxy) is 1. The fourth-order valence-corrected chi connectivity index (χ4v) is 1.23. The first-order chi connectivity index (χ1) is 5.70. The summed E-state index contributed by atoms with van der Waals surface area (Å²) in [5.74, 6) is 2.09. The summed E-state index contributed by atoms with van der Waals surface area (Å²) in [6.45, 7) is 0. The topological polar surface area (TPSA) is 25.6 Å². The van der Waals surface area contributed by atoms with Crippen LogP contribution in [0.25, 0.3) is 0 Å². The Morgan fingerprint density at radius 2 is 2.25 bits per heavy atom. The summed E-state index contributed by atoms with van der Waals surface area (Å²) < 4.78 is 10.4. The van der Waals surface area contributed by atoms with Crippen LogP contribution in [-0.4, -0.2) is 21.2 Å². The molecule has 1 aromatic rings. The van der Waals surface area contributed by atoms with Gasteiger partial charge < -0.3 is 14.1 Å². The van der Waals surface area contributed by atoms with Crippen molar-refractivity contribution in [1.82, 2.24) is 0 Å². The van der Waals surface area contributed by atoms with Gasteiger partial charge in [0.05, 0.1) is 12.9 Å². The number of thiol groups is 1. The van der Waals surface area contributed by atoms with E-state index in [2.05, 4.69) is 12.6 Å². The molecule has 0 aliphatic rings. The minimum absolute atomic E-state index is 0.553. The van der Waals surface area contributed by atoms with E-state index in [1.54, 1.807) is 13.4 Å². The zero-order chi connectivity index (χ0) is 9.14. The van der Waals surface area contributed by atoms with E-state index in [1.807, 2.05) is 19.0 Å². The van der Waals surface area contributed by atoms with Gasteiger partial charge in [0.15, 0.2) is 11.5 Å². The van der Waals surface area contributed by atoms with Crippen molar-refractivity contribution in [2.45, 2.75) is 5.75 Å². The van der Waals surface area contributed by atoms with Gasteiger partial charge in [-0.3, -0.25) is 0 Å². The molecule has 0 saturated carbocycles. The Kier molecular flexibility index (Phi) is 2.92. The average molecular weight is 187 g/mol. The summed E-state index contributed by atoms with van der Waals surface area (Å²) in [5.41, 5.74) is 0.946. The molecular formula is C8H13NO2S. The van der Waals surface area contributed by atoms with Crippen molar-refractivity contribution in [3.63, 3.8) is 0 Å². The van der Waals surface area contributed by atoms with Crippen molar-refractivity contribution < 1.29 is 9.15 Å². The summed E-state index contributed by atoms with van der Waals surface area (Å²) in [5, 5.41) is 0. The number of methoxy groups -OCH3 is 1. The highest BCUT2D eigenvalue weighted by Crippen LogP contribution is 2.33. The van der Waals surface area contributed by atoms with E-state index in [0.29, 0.717) is 5.75 Å². The van der Waals surface area contributed by atoms with Crippen molar-refractivity contribution in [2.24, 2.45) is 0 Å². The van der Waals surface area contributed by atoms with Crippen LogP contribution in [0.15, 0.2) is 10.7 Å². The fraction of sp³-hybridized carbons (Fsp3) is 0.500. The number of anilines is 1. The highest BCUT2D eigenvalue weighted by atomic mass is 32.1. The zero-order valence-electron chi connectivity index (χ0n) is 7.50. The number of hydrogen-bond donors (Lipinski definition) is 1. The molecule has 0 fully saturated rings. The van der Waals surface area contributed by atoms with Crippen LogP contribution in [0.5, 0.6) is 5.75 Å². The second kappa shape index (κ2) is 3.76. The molecule has 1 heterocycles. The Bertz CT molecular complexity index is 258. The highest BCUT2D eigenvalue weighted by Gasteiger charge is 2.13. The van der Waals surface area contributed by atoms with Crippen LogP contribution >= 0.6 is 12.6 Å². The Labute approximate surface area is 77.7 Å². The third-order valence-corrected chi connectivity index (χ3v) is 1.92. The summed E-state index contributed by atoms with van der Waals surface area (Å²) >= 11 is 4.12. The van der Waals surface area contributed by atoms with Crippen LogP contribution < -0.4 is 9.64 Å². The number of rotatable bonds is 3. The third-order valence-electron chi connectivity index (χ3n) is 1.63. The largest absolute Gasteiger partial charge is 0.491 e. The number of furan rings is 1. The molecule has 4 heteroatoms. The molecule has 0 aliphatic carbocycles. The van der Waals surface area contributed by atoms with Crippen LogP contribution in [0, 0.1) is 0 Å². The van der Waals surface area contributed by atoms with Gasteiger partial charge in [-0.15, -0.1) is 0 Å². The zero-order valence-corrected chi connectivity index (χ0v) is 8.39. The maximum atomic E-state index is 5.25. The molecule has 0 aromatic carbocycles. The fourth-order valence-electron chi connectivity index (χ4n) is 1.01. The van der Waals surface area contributed by atoms with Crippen LogP contribution in [0.4, 0.5) is 5.69 Å². The molecule has 0 atom stereocenters. The van der Waals surface area contributed by atoms with Crippen molar-refractivity contribution in [2.75, 3.05) is 26.1 Å².